The Morgan fingerprint density at radius 3 is 2.22 bits per heavy atom. The van der Waals surface area contributed by atoms with E-state index in [4.69, 9.17) is 14.2 Å². The number of ether oxygens (including phenoxy) is 3. The Labute approximate surface area is 208 Å². The second-order valence-corrected chi connectivity index (χ2v) is 7.37. The maximum Gasteiger partial charge on any atom is 0.329 e. The fraction of sp³-hybridized carbons (Fsp3) is 0.154. The second kappa shape index (κ2) is 13.1. The van der Waals surface area contributed by atoms with E-state index in [1.165, 1.54) is 6.21 Å². The number of amides is 3. The zero-order valence-corrected chi connectivity index (χ0v) is 19.8. The molecule has 3 N–H and O–H groups in total. The van der Waals surface area contributed by atoms with Crippen molar-refractivity contribution in [2.75, 3.05) is 26.1 Å². The van der Waals surface area contributed by atoms with Gasteiger partial charge < -0.3 is 24.8 Å². The van der Waals surface area contributed by atoms with Gasteiger partial charge in [-0.2, -0.15) is 5.10 Å². The fourth-order valence-corrected chi connectivity index (χ4v) is 2.92. The second-order valence-electron chi connectivity index (χ2n) is 7.37. The first-order chi connectivity index (χ1) is 17.5. The van der Waals surface area contributed by atoms with Gasteiger partial charge >= 0.3 is 11.8 Å². The molecule has 0 aliphatic carbocycles. The van der Waals surface area contributed by atoms with Crippen LogP contribution in [0.1, 0.15) is 11.1 Å². The summed E-state index contributed by atoms with van der Waals surface area (Å²) in [4.78, 5) is 35.9. The molecule has 3 aromatic carbocycles. The Balaban J connectivity index is 1.39. The average Bonchev–Trinajstić information content (AvgIpc) is 2.91. The molecule has 0 saturated carbocycles. The molecule has 0 radical (unpaired) electrons. The van der Waals surface area contributed by atoms with Crippen LogP contribution in [0.25, 0.3) is 0 Å². The SMILES string of the molecule is COc1ccc(CNC(=O)C(=O)N/N=C\c2ccc(OCC(=O)Nc3cccc(OC)c3)cc2)cc1. The lowest BCUT2D eigenvalue weighted by atomic mass is 10.2. The molecule has 0 spiro atoms. The van der Waals surface area contributed by atoms with Crippen LogP contribution in [-0.4, -0.2) is 44.8 Å². The third-order valence-electron chi connectivity index (χ3n) is 4.80. The first-order valence-electron chi connectivity index (χ1n) is 10.9. The van der Waals surface area contributed by atoms with Crippen LogP contribution in [0.4, 0.5) is 5.69 Å². The molecule has 3 rings (SSSR count). The maximum absolute atomic E-state index is 12.1. The van der Waals surface area contributed by atoms with Gasteiger partial charge in [0.1, 0.15) is 17.2 Å². The Morgan fingerprint density at radius 1 is 0.833 bits per heavy atom. The summed E-state index contributed by atoms with van der Waals surface area (Å²) in [5.41, 5.74) is 4.25. The van der Waals surface area contributed by atoms with Crippen molar-refractivity contribution in [3.05, 3.63) is 83.9 Å². The first-order valence-corrected chi connectivity index (χ1v) is 10.9. The number of hydrogen-bond donors (Lipinski definition) is 3. The molecule has 0 aliphatic rings. The van der Waals surface area contributed by atoms with E-state index in [1.54, 1.807) is 87.0 Å². The highest BCUT2D eigenvalue weighted by molar-refractivity contribution is 6.35. The summed E-state index contributed by atoms with van der Waals surface area (Å²) in [6.45, 7) is 0.0192. The molecular formula is C26H26N4O6. The molecular weight excluding hydrogens is 464 g/mol. The summed E-state index contributed by atoms with van der Waals surface area (Å²) in [6, 6.07) is 20.8. The monoisotopic (exact) mass is 490 g/mol. The molecule has 0 atom stereocenters. The highest BCUT2D eigenvalue weighted by Crippen LogP contribution is 2.17. The smallest absolute Gasteiger partial charge is 0.329 e. The number of nitrogens with zero attached hydrogens (tertiary/aromatic N) is 1. The van der Waals surface area contributed by atoms with Crippen molar-refractivity contribution in [2.45, 2.75) is 6.54 Å². The van der Waals surface area contributed by atoms with E-state index in [1.807, 2.05) is 0 Å². The molecule has 0 saturated heterocycles. The van der Waals surface area contributed by atoms with Gasteiger partial charge in [-0.05, 0) is 59.7 Å². The topological polar surface area (TPSA) is 127 Å². The van der Waals surface area contributed by atoms with Crippen LogP contribution in [0, 0.1) is 0 Å². The molecule has 0 aliphatic heterocycles. The molecule has 36 heavy (non-hydrogen) atoms. The van der Waals surface area contributed by atoms with E-state index in [-0.39, 0.29) is 19.1 Å². The zero-order chi connectivity index (χ0) is 25.8. The van der Waals surface area contributed by atoms with E-state index in [2.05, 4.69) is 21.2 Å². The van der Waals surface area contributed by atoms with Crippen molar-refractivity contribution in [1.82, 2.24) is 10.7 Å². The summed E-state index contributed by atoms with van der Waals surface area (Å²) in [5.74, 6) is -0.194. The average molecular weight is 491 g/mol. The van der Waals surface area contributed by atoms with E-state index < -0.39 is 11.8 Å². The summed E-state index contributed by atoms with van der Waals surface area (Å²) >= 11 is 0. The number of anilines is 1. The summed E-state index contributed by atoms with van der Waals surface area (Å²) < 4.78 is 15.7. The van der Waals surface area contributed by atoms with Crippen LogP contribution >= 0.6 is 0 Å². The predicted molar refractivity (Wildman–Crippen MR) is 134 cm³/mol. The predicted octanol–water partition coefficient (Wildman–Crippen LogP) is 2.49. The Hall–Kier alpha value is -4.86. The van der Waals surface area contributed by atoms with E-state index in [9.17, 15) is 14.4 Å². The molecule has 0 fully saturated rings. The van der Waals surface area contributed by atoms with Gasteiger partial charge in [0.05, 0.1) is 20.4 Å². The Morgan fingerprint density at radius 2 is 1.53 bits per heavy atom. The van der Waals surface area contributed by atoms with E-state index in [0.717, 1.165) is 5.56 Å². The van der Waals surface area contributed by atoms with Gasteiger partial charge in [0.25, 0.3) is 5.91 Å². The van der Waals surface area contributed by atoms with E-state index in [0.29, 0.717) is 28.5 Å². The number of carbonyl (C=O) groups excluding carboxylic acids is 3. The summed E-state index contributed by atoms with van der Waals surface area (Å²) in [6.07, 6.45) is 1.38. The molecule has 186 valence electrons. The van der Waals surface area contributed by atoms with Gasteiger partial charge in [0, 0.05) is 18.3 Å². The largest absolute Gasteiger partial charge is 0.497 e. The molecule has 0 bridgehead atoms. The van der Waals surface area contributed by atoms with Crippen LogP contribution in [0.5, 0.6) is 17.2 Å². The van der Waals surface area contributed by atoms with Gasteiger partial charge in [-0.1, -0.05) is 18.2 Å². The van der Waals surface area contributed by atoms with Crippen molar-refractivity contribution in [3.63, 3.8) is 0 Å². The highest BCUT2D eigenvalue weighted by Gasteiger charge is 2.12. The minimum absolute atomic E-state index is 0.174. The Bertz CT molecular complexity index is 1210. The normalized spacial score (nSPS) is 10.4. The number of methoxy groups -OCH3 is 2. The van der Waals surface area contributed by atoms with Crippen molar-refractivity contribution in [1.29, 1.82) is 0 Å². The first kappa shape index (κ1) is 25.8. The van der Waals surface area contributed by atoms with Gasteiger partial charge in [-0.15, -0.1) is 0 Å². The zero-order valence-electron chi connectivity index (χ0n) is 19.8. The van der Waals surface area contributed by atoms with Crippen LogP contribution in [0.2, 0.25) is 0 Å². The van der Waals surface area contributed by atoms with Gasteiger partial charge in [-0.25, -0.2) is 5.43 Å². The molecule has 3 amide bonds. The number of rotatable bonds is 10. The number of hydrazone groups is 1. The summed E-state index contributed by atoms with van der Waals surface area (Å²) in [7, 11) is 3.12. The molecule has 3 aromatic rings. The van der Waals surface area contributed by atoms with Crippen molar-refractivity contribution in [3.8, 4) is 17.2 Å². The number of carbonyl (C=O) groups is 3. The highest BCUT2D eigenvalue weighted by atomic mass is 16.5. The standard InChI is InChI=1S/C26H26N4O6/c1-34-21-10-6-18(7-11-21)15-27-25(32)26(33)30-28-16-19-8-12-22(13-9-19)36-17-24(31)29-20-4-3-5-23(14-20)35-2/h3-14,16H,15,17H2,1-2H3,(H,27,32)(H,29,31)(H,30,33)/b28-16-. The summed E-state index contributed by atoms with van der Waals surface area (Å²) in [5, 5.41) is 9.03. The third kappa shape index (κ3) is 8.17. The quantitative estimate of drug-likeness (QED) is 0.228. The van der Waals surface area contributed by atoms with Crippen LogP contribution < -0.4 is 30.3 Å². The van der Waals surface area contributed by atoms with Gasteiger partial charge in [-0.3, -0.25) is 14.4 Å². The van der Waals surface area contributed by atoms with Gasteiger partial charge in [0.15, 0.2) is 6.61 Å². The number of benzene rings is 3. The molecule has 0 heterocycles. The van der Waals surface area contributed by atoms with E-state index >= 15 is 0 Å². The van der Waals surface area contributed by atoms with Crippen LogP contribution in [-0.2, 0) is 20.9 Å². The lowest BCUT2D eigenvalue weighted by molar-refractivity contribution is -0.139. The molecule has 10 nitrogen and oxygen atoms in total. The fourth-order valence-electron chi connectivity index (χ4n) is 2.92. The van der Waals surface area contributed by atoms with Gasteiger partial charge in [0.2, 0.25) is 0 Å². The molecule has 0 unspecified atom stereocenters. The lowest BCUT2D eigenvalue weighted by Crippen LogP contribution is -2.37. The molecule has 0 aromatic heterocycles. The van der Waals surface area contributed by atoms with Crippen molar-refractivity contribution in [2.24, 2.45) is 5.10 Å². The number of nitrogens with one attached hydrogen (secondary N) is 3. The maximum atomic E-state index is 12.1. The van der Waals surface area contributed by atoms with Crippen LogP contribution in [0.15, 0.2) is 77.9 Å². The Kier molecular flexibility index (Phi) is 9.40. The minimum Gasteiger partial charge on any atom is -0.497 e. The minimum atomic E-state index is -0.887. The third-order valence-corrected chi connectivity index (χ3v) is 4.80. The lowest BCUT2D eigenvalue weighted by Gasteiger charge is -2.08. The molecule has 10 heteroatoms. The van der Waals surface area contributed by atoms with Crippen molar-refractivity contribution < 1.29 is 28.6 Å². The van der Waals surface area contributed by atoms with Crippen LogP contribution in [0.3, 0.4) is 0 Å². The number of hydrogen-bond acceptors (Lipinski definition) is 7. The van der Waals surface area contributed by atoms with Crippen molar-refractivity contribution >= 4 is 29.6 Å².